The van der Waals surface area contributed by atoms with Gasteiger partial charge in [0, 0.05) is 68.5 Å². The minimum Gasteiger partial charge on any atom is -0.381 e. The van der Waals surface area contributed by atoms with Gasteiger partial charge in [-0.05, 0) is 74.8 Å². The van der Waals surface area contributed by atoms with Crippen LogP contribution in [0.2, 0.25) is 0 Å². The summed E-state index contributed by atoms with van der Waals surface area (Å²) < 4.78 is 25.2. The van der Waals surface area contributed by atoms with E-state index in [0.29, 0.717) is 47.3 Å². The molecule has 0 unspecified atom stereocenters. The maximum atomic E-state index is 15.5. The number of rotatable bonds is 5. The highest BCUT2D eigenvalue weighted by atomic mass is 19.1. The van der Waals surface area contributed by atoms with Crippen LogP contribution >= 0.6 is 0 Å². The Labute approximate surface area is 226 Å². The first-order chi connectivity index (χ1) is 19.0. The molecule has 39 heavy (non-hydrogen) atoms. The smallest absolute Gasteiger partial charge is 0.254 e. The second kappa shape index (κ2) is 9.71. The van der Waals surface area contributed by atoms with E-state index in [-0.39, 0.29) is 11.9 Å². The van der Waals surface area contributed by atoms with Crippen molar-refractivity contribution in [1.82, 2.24) is 24.0 Å². The van der Waals surface area contributed by atoms with Gasteiger partial charge in [0.25, 0.3) is 5.91 Å². The van der Waals surface area contributed by atoms with Crippen LogP contribution in [0.25, 0.3) is 33.6 Å². The number of halogens is 1. The Kier molecular flexibility index (Phi) is 6.16. The molecule has 4 aromatic rings. The molecule has 1 aromatic carbocycles. The van der Waals surface area contributed by atoms with E-state index in [4.69, 9.17) is 20.4 Å². The van der Waals surface area contributed by atoms with E-state index in [1.54, 1.807) is 11.0 Å². The van der Waals surface area contributed by atoms with E-state index < -0.39 is 5.82 Å². The molecule has 2 aliphatic heterocycles. The van der Waals surface area contributed by atoms with E-state index in [9.17, 15) is 4.79 Å². The number of carbonyl (C=O) groups is 1. The number of likely N-dealkylation sites (tertiary alicyclic amines) is 1. The van der Waals surface area contributed by atoms with Crippen LogP contribution in [0.3, 0.4) is 0 Å². The van der Waals surface area contributed by atoms with Crippen molar-refractivity contribution < 1.29 is 13.9 Å². The molecular formula is C30H35FN6O2. The molecule has 0 spiro atoms. The number of nitrogens with zero attached hydrogens (tertiary/aromatic N) is 5. The van der Waals surface area contributed by atoms with Gasteiger partial charge in [0.15, 0.2) is 5.82 Å². The molecule has 204 valence electrons. The summed E-state index contributed by atoms with van der Waals surface area (Å²) in [6, 6.07) is 9.45. The van der Waals surface area contributed by atoms with Crippen LogP contribution in [0.1, 0.15) is 60.5 Å². The molecule has 9 heteroatoms. The topological polar surface area (TPSA) is 91.2 Å². The van der Waals surface area contributed by atoms with Gasteiger partial charge in [-0.2, -0.15) is 0 Å². The summed E-state index contributed by atoms with van der Waals surface area (Å²) in [7, 11) is 1.85. The van der Waals surface area contributed by atoms with E-state index in [1.807, 2.05) is 11.6 Å². The van der Waals surface area contributed by atoms with E-state index in [0.717, 1.165) is 67.9 Å². The van der Waals surface area contributed by atoms with Gasteiger partial charge >= 0.3 is 0 Å². The van der Waals surface area contributed by atoms with Gasteiger partial charge in [-0.3, -0.25) is 4.79 Å². The minimum absolute atomic E-state index is 0.0355. The molecule has 1 saturated carbocycles. The molecule has 2 saturated heterocycles. The predicted molar refractivity (Wildman–Crippen MR) is 148 cm³/mol. The second-order valence-electron chi connectivity index (χ2n) is 11.6. The average molecular weight is 531 g/mol. The molecule has 7 rings (SSSR count). The zero-order chi connectivity index (χ0) is 26.7. The monoisotopic (exact) mass is 530 g/mol. The van der Waals surface area contributed by atoms with Gasteiger partial charge in [-0.15, -0.1) is 0 Å². The zero-order valence-corrected chi connectivity index (χ0v) is 22.4. The van der Waals surface area contributed by atoms with Crippen LogP contribution < -0.4 is 5.73 Å². The van der Waals surface area contributed by atoms with Crippen molar-refractivity contribution in [2.75, 3.05) is 26.3 Å². The summed E-state index contributed by atoms with van der Waals surface area (Å²) in [5.74, 6) is 1.08. The Bertz CT molecular complexity index is 1560. The van der Waals surface area contributed by atoms with Crippen molar-refractivity contribution in [3.63, 3.8) is 0 Å². The Morgan fingerprint density at radius 3 is 2.69 bits per heavy atom. The number of pyridine rings is 1. The quantitative estimate of drug-likeness (QED) is 0.407. The predicted octanol–water partition coefficient (Wildman–Crippen LogP) is 4.60. The maximum Gasteiger partial charge on any atom is 0.254 e. The molecule has 3 aromatic heterocycles. The lowest BCUT2D eigenvalue weighted by Gasteiger charge is -2.30. The third-order valence-corrected chi connectivity index (χ3v) is 8.69. The maximum absolute atomic E-state index is 15.5. The Morgan fingerprint density at radius 1 is 1.10 bits per heavy atom. The third kappa shape index (κ3) is 4.51. The van der Waals surface area contributed by atoms with Crippen LogP contribution in [0.5, 0.6) is 0 Å². The number of fused-ring (bicyclic) bond motifs is 2. The van der Waals surface area contributed by atoms with Crippen LogP contribution in [0.15, 0.2) is 30.3 Å². The summed E-state index contributed by atoms with van der Waals surface area (Å²) in [5.41, 5.74) is 10.3. The zero-order valence-electron chi connectivity index (χ0n) is 22.4. The number of aromatic nitrogens is 4. The van der Waals surface area contributed by atoms with Gasteiger partial charge in [-0.25, -0.2) is 14.4 Å². The van der Waals surface area contributed by atoms with Gasteiger partial charge < -0.3 is 24.5 Å². The summed E-state index contributed by atoms with van der Waals surface area (Å²) in [5, 5.41) is 1.06. The fourth-order valence-corrected chi connectivity index (χ4v) is 6.32. The SMILES string of the molecule is Cn1c(-c2cc3ccc(C4CCOCC4)nc3n2CC2CC2)nc2cc(C(=O)N3CCC[C@@H](N)C3)cc(F)c21. The normalized spacial score (nSPS) is 20.8. The molecule has 8 nitrogen and oxygen atoms in total. The lowest BCUT2D eigenvalue weighted by molar-refractivity contribution is 0.0708. The number of nitrogens with two attached hydrogens (primary N) is 1. The number of piperidine rings is 1. The lowest BCUT2D eigenvalue weighted by Crippen LogP contribution is -2.45. The minimum atomic E-state index is -0.441. The number of ether oxygens (including phenoxy) is 1. The molecule has 0 radical (unpaired) electrons. The van der Waals surface area contributed by atoms with Crippen molar-refractivity contribution in [3.8, 4) is 11.5 Å². The Hall–Kier alpha value is -3.30. The molecule has 5 heterocycles. The fraction of sp³-hybridized carbons (Fsp3) is 0.500. The van der Waals surface area contributed by atoms with E-state index in [2.05, 4.69) is 22.8 Å². The largest absolute Gasteiger partial charge is 0.381 e. The van der Waals surface area contributed by atoms with Crippen LogP contribution in [-0.4, -0.2) is 62.3 Å². The fourth-order valence-electron chi connectivity index (χ4n) is 6.32. The molecule has 1 amide bonds. The van der Waals surface area contributed by atoms with E-state index in [1.165, 1.54) is 18.9 Å². The van der Waals surface area contributed by atoms with Crippen molar-refractivity contribution in [1.29, 1.82) is 0 Å². The standard InChI is InChI=1S/C30H35FN6O2/c1-35-27-23(31)13-21(30(38)36-10-2-3-22(32)17-36)14-25(27)34-29(35)26-15-20-6-7-24(19-8-11-39-12-9-19)33-28(20)37(26)16-18-4-5-18/h6-7,13-15,18-19,22H,2-5,8-12,16-17,32H2,1H3/t22-/m1/s1. The molecule has 3 aliphatic rings. The van der Waals surface area contributed by atoms with Crippen molar-refractivity contribution in [2.24, 2.45) is 18.7 Å². The highest BCUT2D eigenvalue weighted by molar-refractivity contribution is 5.98. The van der Waals surface area contributed by atoms with Crippen LogP contribution in [-0.2, 0) is 18.3 Å². The highest BCUT2D eigenvalue weighted by Crippen LogP contribution is 2.37. The van der Waals surface area contributed by atoms with Gasteiger partial charge in [0.2, 0.25) is 0 Å². The number of hydrogen-bond donors (Lipinski definition) is 1. The molecule has 0 bridgehead atoms. The molecule has 3 fully saturated rings. The van der Waals surface area contributed by atoms with Crippen molar-refractivity contribution >= 4 is 28.0 Å². The number of aryl methyl sites for hydroxylation is 1. The Morgan fingerprint density at radius 2 is 1.92 bits per heavy atom. The molecule has 2 N–H and O–H groups in total. The number of benzene rings is 1. The van der Waals surface area contributed by atoms with Crippen LogP contribution in [0, 0.1) is 11.7 Å². The first-order valence-corrected chi connectivity index (χ1v) is 14.3. The summed E-state index contributed by atoms with van der Waals surface area (Å²) in [6.45, 7) is 3.56. The second-order valence-corrected chi connectivity index (χ2v) is 11.6. The summed E-state index contributed by atoms with van der Waals surface area (Å²) in [4.78, 5) is 25.0. The molecule has 1 atom stereocenters. The number of carbonyl (C=O) groups excluding carboxylic acids is 1. The third-order valence-electron chi connectivity index (χ3n) is 8.69. The molecular weight excluding hydrogens is 495 g/mol. The summed E-state index contributed by atoms with van der Waals surface area (Å²) >= 11 is 0. The molecule has 1 aliphatic carbocycles. The average Bonchev–Trinajstić information content (AvgIpc) is 3.62. The number of amides is 1. The van der Waals surface area contributed by atoms with Gasteiger partial charge in [0.1, 0.15) is 17.0 Å². The van der Waals surface area contributed by atoms with Crippen molar-refractivity contribution in [2.45, 2.75) is 57.0 Å². The van der Waals surface area contributed by atoms with Crippen LogP contribution in [0.4, 0.5) is 4.39 Å². The van der Waals surface area contributed by atoms with E-state index >= 15 is 4.39 Å². The first-order valence-electron chi connectivity index (χ1n) is 14.3. The first kappa shape index (κ1) is 24.7. The number of hydrogen-bond acceptors (Lipinski definition) is 5. The van der Waals surface area contributed by atoms with Gasteiger partial charge in [-0.1, -0.05) is 0 Å². The van der Waals surface area contributed by atoms with Crippen molar-refractivity contribution in [3.05, 3.63) is 47.4 Å². The Balaban J connectivity index is 1.31. The summed E-state index contributed by atoms with van der Waals surface area (Å²) in [6.07, 6.45) is 6.16. The number of imidazole rings is 1. The lowest BCUT2D eigenvalue weighted by atomic mass is 9.96. The van der Waals surface area contributed by atoms with Gasteiger partial charge in [0.05, 0.1) is 11.2 Å². The highest BCUT2D eigenvalue weighted by Gasteiger charge is 2.28.